The van der Waals surface area contributed by atoms with Gasteiger partial charge in [-0.15, -0.1) is 0 Å². The van der Waals surface area contributed by atoms with E-state index in [2.05, 4.69) is 39.1 Å². The third-order valence-corrected chi connectivity index (χ3v) is 7.73. The van der Waals surface area contributed by atoms with Gasteiger partial charge in [-0.05, 0) is 84.6 Å². The zero-order valence-corrected chi connectivity index (χ0v) is 18.6. The summed E-state index contributed by atoms with van der Waals surface area (Å²) in [5.74, 6) is 0. The smallest absolute Gasteiger partial charge is 0.143 e. The zero-order chi connectivity index (χ0) is 19.5. The maximum Gasteiger partial charge on any atom is 0.143 e. The molecule has 2 aliphatic rings. The summed E-state index contributed by atoms with van der Waals surface area (Å²) in [6, 6.07) is 8.48. The van der Waals surface area contributed by atoms with E-state index >= 15 is 0 Å². The molecule has 1 saturated carbocycles. The number of ether oxygens (including phenoxy) is 1. The molecule has 0 bridgehead atoms. The van der Waals surface area contributed by atoms with Gasteiger partial charge >= 0.3 is 0 Å². The Morgan fingerprint density at radius 2 is 1.96 bits per heavy atom. The summed E-state index contributed by atoms with van der Waals surface area (Å²) in [5, 5.41) is 0.530. The van der Waals surface area contributed by atoms with Crippen molar-refractivity contribution < 1.29 is 4.74 Å². The van der Waals surface area contributed by atoms with Crippen molar-refractivity contribution in [1.82, 2.24) is 9.97 Å². The summed E-state index contributed by atoms with van der Waals surface area (Å²) >= 11 is 9.49. The Labute approximate surface area is 181 Å². The van der Waals surface area contributed by atoms with E-state index in [4.69, 9.17) is 21.3 Å². The molecule has 2 aromatic heterocycles. The van der Waals surface area contributed by atoms with E-state index in [1.165, 1.54) is 49.8 Å². The van der Waals surface area contributed by atoms with Crippen molar-refractivity contribution >= 4 is 27.5 Å². The van der Waals surface area contributed by atoms with Crippen LogP contribution in [0, 0.1) is 0 Å². The predicted molar refractivity (Wildman–Crippen MR) is 117 cm³/mol. The average Bonchev–Trinajstić information content (AvgIpc) is 3.16. The fourth-order valence-corrected chi connectivity index (χ4v) is 5.69. The highest BCUT2D eigenvalue weighted by Gasteiger charge is 2.48. The van der Waals surface area contributed by atoms with E-state index in [0.717, 1.165) is 36.8 Å². The van der Waals surface area contributed by atoms with Crippen molar-refractivity contribution in [3.05, 3.63) is 57.5 Å². The van der Waals surface area contributed by atoms with Crippen LogP contribution in [0.1, 0.15) is 69.0 Å². The fraction of sp³-hybridized carbons (Fsp3) is 0.565. The summed E-state index contributed by atoms with van der Waals surface area (Å²) in [6.45, 7) is 0.866. The lowest BCUT2D eigenvalue weighted by Gasteiger charge is -2.46. The molecule has 1 saturated heterocycles. The standard InChI is InChI=1S/C23H28BrClN2O/c24-19-15-18(16-27-21(19)25)7-1-3-9-22(20-8-2-6-13-26-20)12-14-28-23(17-22)10-4-5-11-23/h2,6,8,13,15-16H,1,3-5,7,9-12,14,17H2. The van der Waals surface area contributed by atoms with Gasteiger partial charge in [0.05, 0.1) is 10.1 Å². The first kappa shape index (κ1) is 20.3. The molecule has 2 fully saturated rings. The van der Waals surface area contributed by atoms with E-state index in [9.17, 15) is 0 Å². The Bertz CT molecular complexity index is 794. The van der Waals surface area contributed by atoms with Crippen molar-refractivity contribution in [2.45, 2.75) is 75.2 Å². The summed E-state index contributed by atoms with van der Waals surface area (Å²) < 4.78 is 7.23. The minimum Gasteiger partial charge on any atom is -0.375 e. The highest BCUT2D eigenvalue weighted by Crippen LogP contribution is 2.50. The Kier molecular flexibility index (Phi) is 6.39. The van der Waals surface area contributed by atoms with Crippen LogP contribution in [-0.4, -0.2) is 22.2 Å². The minimum absolute atomic E-state index is 0.0980. The van der Waals surface area contributed by atoms with Crippen LogP contribution in [0.5, 0.6) is 0 Å². The molecule has 1 unspecified atom stereocenters. The monoisotopic (exact) mass is 462 g/mol. The zero-order valence-electron chi connectivity index (χ0n) is 16.3. The van der Waals surface area contributed by atoms with E-state index in [-0.39, 0.29) is 11.0 Å². The second kappa shape index (κ2) is 8.81. The number of hydrogen-bond acceptors (Lipinski definition) is 3. The van der Waals surface area contributed by atoms with Crippen molar-refractivity contribution in [2.24, 2.45) is 0 Å². The summed E-state index contributed by atoms with van der Waals surface area (Å²) in [6.07, 6.45) is 15.6. The Hall–Kier alpha value is -0.970. The molecule has 4 rings (SSSR count). The summed E-state index contributed by atoms with van der Waals surface area (Å²) in [5.41, 5.74) is 2.76. The van der Waals surface area contributed by atoms with Crippen LogP contribution < -0.4 is 0 Å². The van der Waals surface area contributed by atoms with Gasteiger partial charge in [0.25, 0.3) is 0 Å². The summed E-state index contributed by atoms with van der Waals surface area (Å²) in [7, 11) is 0. The van der Waals surface area contributed by atoms with Crippen LogP contribution in [0.25, 0.3) is 0 Å². The molecule has 3 nitrogen and oxygen atoms in total. The Morgan fingerprint density at radius 1 is 1.11 bits per heavy atom. The lowest BCUT2D eigenvalue weighted by molar-refractivity contribution is -0.104. The number of hydrogen-bond donors (Lipinski definition) is 0. The molecule has 150 valence electrons. The van der Waals surface area contributed by atoms with Crippen molar-refractivity contribution in [1.29, 1.82) is 0 Å². The Morgan fingerprint density at radius 3 is 2.71 bits per heavy atom. The molecular formula is C23H28BrClN2O. The minimum atomic E-state index is 0.0980. The molecule has 0 N–H and O–H groups in total. The van der Waals surface area contributed by atoms with Crippen molar-refractivity contribution in [2.75, 3.05) is 6.61 Å². The number of aromatic nitrogens is 2. The number of nitrogens with zero attached hydrogens (tertiary/aromatic N) is 2. The first-order valence-electron chi connectivity index (χ1n) is 10.5. The third kappa shape index (κ3) is 4.44. The van der Waals surface area contributed by atoms with Crippen molar-refractivity contribution in [3.63, 3.8) is 0 Å². The molecule has 1 aliphatic carbocycles. The molecule has 1 aliphatic heterocycles. The topological polar surface area (TPSA) is 35.0 Å². The lowest BCUT2D eigenvalue weighted by atomic mass is 9.67. The van der Waals surface area contributed by atoms with E-state index in [0.29, 0.717) is 5.15 Å². The number of pyridine rings is 2. The van der Waals surface area contributed by atoms with Gasteiger partial charge in [-0.25, -0.2) is 4.98 Å². The number of rotatable bonds is 6. The van der Waals surface area contributed by atoms with Gasteiger partial charge < -0.3 is 4.74 Å². The maximum absolute atomic E-state index is 6.35. The highest BCUT2D eigenvalue weighted by atomic mass is 79.9. The maximum atomic E-state index is 6.35. The fourth-order valence-electron chi connectivity index (χ4n) is 5.19. The van der Waals surface area contributed by atoms with Gasteiger partial charge in [0.1, 0.15) is 5.15 Å². The van der Waals surface area contributed by atoms with Gasteiger partial charge in [0.15, 0.2) is 0 Å². The van der Waals surface area contributed by atoms with Gasteiger partial charge in [-0.3, -0.25) is 4.98 Å². The molecule has 0 radical (unpaired) electrons. The molecular weight excluding hydrogens is 436 g/mol. The van der Waals surface area contributed by atoms with Gasteiger partial charge in [-0.2, -0.15) is 0 Å². The van der Waals surface area contributed by atoms with Crippen LogP contribution in [0.3, 0.4) is 0 Å². The van der Waals surface area contributed by atoms with Crippen LogP contribution >= 0.6 is 27.5 Å². The van der Waals surface area contributed by atoms with Gasteiger partial charge in [-0.1, -0.05) is 36.9 Å². The predicted octanol–water partition coefficient (Wildman–Crippen LogP) is 6.67. The molecule has 0 amide bonds. The Balaban J connectivity index is 1.45. The molecule has 5 heteroatoms. The average molecular weight is 464 g/mol. The van der Waals surface area contributed by atoms with Crippen LogP contribution in [0.4, 0.5) is 0 Å². The first-order chi connectivity index (χ1) is 13.6. The second-order valence-corrected chi connectivity index (χ2v) is 9.70. The van der Waals surface area contributed by atoms with E-state index in [1.54, 1.807) is 0 Å². The highest BCUT2D eigenvalue weighted by molar-refractivity contribution is 9.10. The molecule has 0 aromatic carbocycles. The second-order valence-electron chi connectivity index (χ2n) is 8.48. The lowest BCUT2D eigenvalue weighted by Crippen LogP contribution is -2.46. The third-order valence-electron chi connectivity index (χ3n) is 6.60. The quantitative estimate of drug-likeness (QED) is 0.354. The molecule has 2 aromatic rings. The normalized spacial score (nSPS) is 23.9. The number of unbranched alkanes of at least 4 members (excludes halogenated alkanes) is 1. The first-order valence-corrected chi connectivity index (χ1v) is 11.6. The number of aryl methyl sites for hydroxylation is 1. The molecule has 1 atom stereocenters. The molecule has 1 spiro atoms. The van der Waals surface area contributed by atoms with Crippen molar-refractivity contribution in [3.8, 4) is 0 Å². The van der Waals surface area contributed by atoms with Crippen LogP contribution in [0.15, 0.2) is 41.1 Å². The van der Waals surface area contributed by atoms with Gasteiger partial charge in [0.2, 0.25) is 0 Å². The van der Waals surface area contributed by atoms with E-state index < -0.39 is 0 Å². The van der Waals surface area contributed by atoms with Gasteiger partial charge in [0, 0.05) is 30.1 Å². The molecule has 3 heterocycles. The van der Waals surface area contributed by atoms with Crippen LogP contribution in [-0.2, 0) is 16.6 Å². The van der Waals surface area contributed by atoms with E-state index in [1.807, 2.05) is 18.5 Å². The van der Waals surface area contributed by atoms with Crippen LogP contribution in [0.2, 0.25) is 5.15 Å². The molecule has 28 heavy (non-hydrogen) atoms. The largest absolute Gasteiger partial charge is 0.375 e. The number of halogens is 2. The summed E-state index contributed by atoms with van der Waals surface area (Å²) in [4.78, 5) is 9.05. The SMILES string of the molecule is Clc1ncc(CCCCC2(c3ccccn3)CCOC3(CCCC3)C2)cc1Br.